The highest BCUT2D eigenvalue weighted by atomic mass is 35.5. The number of aliphatic hydroxyl groups excluding tert-OH is 1. The fourth-order valence-electron chi connectivity index (χ4n) is 5.44. The molecule has 1 heterocycles. The van der Waals surface area contributed by atoms with Gasteiger partial charge in [-0.1, -0.05) is 43.0 Å². The molecular weight excluding hydrogens is 571 g/mol. The van der Waals surface area contributed by atoms with E-state index in [0.717, 1.165) is 36.9 Å². The SMILES string of the molecule is CCNc1cc(C(=O)N[C@@H](Cc2ccc(Cl)cc2)[C@H](O)CNC2CCCCC2)cc(N2CCCCS2(O)O)c1.Cl. The van der Waals surface area contributed by atoms with Gasteiger partial charge < -0.3 is 21.1 Å². The van der Waals surface area contributed by atoms with Crippen molar-refractivity contribution in [2.75, 3.05) is 35.0 Å². The first-order valence-corrected chi connectivity index (χ1v) is 16.2. The van der Waals surface area contributed by atoms with Crippen molar-refractivity contribution in [1.29, 1.82) is 0 Å². The van der Waals surface area contributed by atoms with Crippen molar-refractivity contribution in [2.45, 2.75) is 76.5 Å². The van der Waals surface area contributed by atoms with Crippen LogP contribution in [-0.2, 0) is 6.42 Å². The Morgan fingerprint density at radius 1 is 1.07 bits per heavy atom. The standard InChI is InChI=1S/C29H43ClN4O4S.ClH/c1-2-31-25-17-22(18-26(19-25)34-14-6-7-15-39(34,37)38)29(36)33-27(16-21-10-12-23(30)13-11-21)28(35)20-32-24-8-4-3-5-9-24;/h10-13,17-19,24,27-28,31-32,35,37-38H,2-9,14-16,20H2,1H3,(H,33,36);1H/t27-,28+;/m0./s1. The lowest BCUT2D eigenvalue weighted by Crippen LogP contribution is -2.50. The summed E-state index contributed by atoms with van der Waals surface area (Å²) in [6, 6.07) is 12.6. The number of hydrogen-bond acceptors (Lipinski definition) is 7. The molecule has 11 heteroatoms. The van der Waals surface area contributed by atoms with Gasteiger partial charge in [0, 0.05) is 41.9 Å². The molecule has 2 aromatic carbocycles. The molecule has 224 valence electrons. The smallest absolute Gasteiger partial charge is 0.251 e. The summed E-state index contributed by atoms with van der Waals surface area (Å²) in [5, 5.41) is 21.7. The summed E-state index contributed by atoms with van der Waals surface area (Å²) in [5.74, 6) is 0.00345. The Labute approximate surface area is 251 Å². The van der Waals surface area contributed by atoms with Gasteiger partial charge in [0.15, 0.2) is 0 Å². The molecule has 6 N–H and O–H groups in total. The van der Waals surface area contributed by atoms with Gasteiger partial charge in [0.2, 0.25) is 0 Å². The zero-order valence-corrected chi connectivity index (χ0v) is 25.5. The van der Waals surface area contributed by atoms with Gasteiger partial charge in [0.1, 0.15) is 0 Å². The third-order valence-corrected chi connectivity index (χ3v) is 9.79. The first-order chi connectivity index (χ1) is 18.7. The first-order valence-electron chi connectivity index (χ1n) is 14.1. The van der Waals surface area contributed by atoms with Crippen molar-refractivity contribution >= 4 is 52.1 Å². The van der Waals surface area contributed by atoms with Crippen molar-refractivity contribution in [3.05, 3.63) is 58.6 Å². The van der Waals surface area contributed by atoms with Crippen LogP contribution in [-0.4, -0.2) is 63.7 Å². The molecule has 2 aliphatic rings. The number of carbonyl (C=O) groups excluding carboxylic acids is 1. The second-order valence-electron chi connectivity index (χ2n) is 10.7. The number of benzene rings is 2. The molecule has 1 amide bonds. The van der Waals surface area contributed by atoms with E-state index in [0.29, 0.717) is 54.1 Å². The second-order valence-corrected chi connectivity index (χ2v) is 13.2. The summed E-state index contributed by atoms with van der Waals surface area (Å²) in [5.41, 5.74) is 2.70. The van der Waals surface area contributed by atoms with E-state index < -0.39 is 22.9 Å². The van der Waals surface area contributed by atoms with Crippen LogP contribution in [0.15, 0.2) is 42.5 Å². The Bertz CT molecular complexity index is 1090. The number of anilines is 2. The largest absolute Gasteiger partial charge is 0.390 e. The van der Waals surface area contributed by atoms with Crippen LogP contribution in [0.25, 0.3) is 0 Å². The molecule has 0 unspecified atom stereocenters. The number of aliphatic hydroxyl groups is 1. The highest BCUT2D eigenvalue weighted by Gasteiger charge is 2.29. The van der Waals surface area contributed by atoms with Gasteiger partial charge in [0.05, 0.1) is 23.6 Å². The van der Waals surface area contributed by atoms with E-state index in [1.165, 1.54) is 19.3 Å². The lowest BCUT2D eigenvalue weighted by Gasteiger charge is -2.47. The molecule has 1 saturated carbocycles. The number of amides is 1. The summed E-state index contributed by atoms with van der Waals surface area (Å²) in [7, 11) is -2.93. The van der Waals surface area contributed by atoms with Crippen LogP contribution in [0.3, 0.4) is 0 Å². The van der Waals surface area contributed by atoms with E-state index in [1.54, 1.807) is 16.4 Å². The molecule has 2 fully saturated rings. The van der Waals surface area contributed by atoms with Gasteiger partial charge >= 0.3 is 0 Å². The molecule has 0 aromatic heterocycles. The summed E-state index contributed by atoms with van der Waals surface area (Å²) < 4.78 is 23.0. The highest BCUT2D eigenvalue weighted by Crippen LogP contribution is 2.50. The van der Waals surface area contributed by atoms with E-state index in [9.17, 15) is 19.0 Å². The quantitative estimate of drug-likeness (QED) is 0.181. The lowest BCUT2D eigenvalue weighted by atomic mass is 9.95. The third-order valence-electron chi connectivity index (χ3n) is 7.60. The molecule has 8 nitrogen and oxygen atoms in total. The second kappa shape index (κ2) is 15.5. The topological polar surface area (TPSA) is 117 Å². The third kappa shape index (κ3) is 9.14. The Kier molecular flexibility index (Phi) is 12.7. The summed E-state index contributed by atoms with van der Waals surface area (Å²) in [4.78, 5) is 13.6. The van der Waals surface area contributed by atoms with Gasteiger partial charge in [-0.25, -0.2) is 0 Å². The van der Waals surface area contributed by atoms with Crippen LogP contribution >= 0.6 is 34.8 Å². The Morgan fingerprint density at radius 2 is 1.80 bits per heavy atom. The molecule has 0 radical (unpaired) electrons. The van der Waals surface area contributed by atoms with Crippen LogP contribution in [0.2, 0.25) is 5.02 Å². The maximum absolute atomic E-state index is 13.6. The Balaban J connectivity index is 0.00000441. The maximum Gasteiger partial charge on any atom is 0.251 e. The maximum atomic E-state index is 13.6. The zero-order valence-electron chi connectivity index (χ0n) is 23.2. The number of rotatable bonds is 11. The number of nitrogens with one attached hydrogen (secondary N) is 3. The van der Waals surface area contributed by atoms with Crippen LogP contribution in [0, 0.1) is 0 Å². The predicted octanol–water partition coefficient (Wildman–Crippen LogP) is 6.08. The van der Waals surface area contributed by atoms with E-state index in [4.69, 9.17) is 11.6 Å². The average molecular weight is 616 g/mol. The highest BCUT2D eigenvalue weighted by molar-refractivity contribution is 8.25. The fourth-order valence-corrected chi connectivity index (χ4v) is 7.25. The van der Waals surface area contributed by atoms with E-state index in [1.807, 2.05) is 37.3 Å². The number of nitrogens with zero attached hydrogens (tertiary/aromatic N) is 1. The van der Waals surface area contributed by atoms with Gasteiger partial charge in [-0.15, -0.1) is 23.2 Å². The normalized spacial score (nSPS) is 19.7. The molecule has 0 bridgehead atoms. The molecule has 1 saturated heterocycles. The van der Waals surface area contributed by atoms with Gasteiger partial charge in [0.25, 0.3) is 5.91 Å². The van der Waals surface area contributed by atoms with Crippen molar-refractivity contribution in [1.82, 2.24) is 10.6 Å². The zero-order chi connectivity index (χ0) is 27.8. The van der Waals surface area contributed by atoms with Crippen LogP contribution < -0.4 is 20.3 Å². The molecule has 1 aliphatic heterocycles. The number of halogens is 2. The average Bonchev–Trinajstić information content (AvgIpc) is 2.93. The van der Waals surface area contributed by atoms with Crippen molar-refractivity contribution < 1.29 is 19.0 Å². The van der Waals surface area contributed by atoms with Gasteiger partial charge in [-0.3, -0.25) is 18.2 Å². The summed E-state index contributed by atoms with van der Waals surface area (Å²) in [6.45, 7) is 3.54. The Hall–Kier alpha value is -1.72. The number of hydrogen-bond donors (Lipinski definition) is 6. The molecule has 0 spiro atoms. The molecule has 2 aromatic rings. The molecule has 1 aliphatic carbocycles. The Morgan fingerprint density at radius 3 is 2.48 bits per heavy atom. The van der Waals surface area contributed by atoms with Crippen molar-refractivity contribution in [3.8, 4) is 0 Å². The minimum atomic E-state index is -2.93. The van der Waals surface area contributed by atoms with Gasteiger partial charge in [-0.2, -0.15) is 0 Å². The van der Waals surface area contributed by atoms with Crippen molar-refractivity contribution in [3.63, 3.8) is 0 Å². The van der Waals surface area contributed by atoms with Crippen LogP contribution in [0.4, 0.5) is 11.4 Å². The van der Waals surface area contributed by atoms with E-state index in [-0.39, 0.29) is 18.3 Å². The van der Waals surface area contributed by atoms with E-state index in [2.05, 4.69) is 16.0 Å². The minimum absolute atomic E-state index is 0. The number of carbonyl (C=O) groups is 1. The van der Waals surface area contributed by atoms with E-state index >= 15 is 0 Å². The van der Waals surface area contributed by atoms with Crippen LogP contribution in [0.1, 0.15) is 67.8 Å². The predicted molar refractivity (Wildman–Crippen MR) is 169 cm³/mol. The molecule has 4 rings (SSSR count). The van der Waals surface area contributed by atoms with Crippen LogP contribution in [0.5, 0.6) is 0 Å². The molecule has 40 heavy (non-hydrogen) atoms. The molecular formula is C29H44Cl2N4O4S. The van der Waals surface area contributed by atoms with Crippen molar-refractivity contribution in [2.24, 2.45) is 0 Å². The first kappa shape index (κ1) is 32.8. The van der Waals surface area contributed by atoms with Gasteiger partial charge in [-0.05, 0) is 74.9 Å². The molecule has 2 atom stereocenters. The monoisotopic (exact) mass is 614 g/mol. The fraction of sp³-hybridized carbons (Fsp3) is 0.552. The minimum Gasteiger partial charge on any atom is -0.390 e. The summed E-state index contributed by atoms with van der Waals surface area (Å²) >= 11 is 6.08. The lowest BCUT2D eigenvalue weighted by molar-refractivity contribution is 0.0821. The summed E-state index contributed by atoms with van der Waals surface area (Å²) in [6.07, 6.45) is 7.14.